The standard InChI is InChI=1S/C19H17Cl2N3O2/c1-24(8-9-25)16-5-2-13(3-6-16)10-14(12-22)19(26)23-18-11-15(20)4-7-17(18)21/h2-7,10-11,25H,8-9H2,1H3,(H,23,26)/b14-10+. The molecule has 2 N–H and O–H groups in total. The summed E-state index contributed by atoms with van der Waals surface area (Å²) in [5, 5.41) is 21.6. The van der Waals surface area contributed by atoms with Crippen LogP contribution in [0.25, 0.3) is 6.08 Å². The number of rotatable bonds is 6. The minimum Gasteiger partial charge on any atom is -0.395 e. The first-order chi connectivity index (χ1) is 12.4. The van der Waals surface area contributed by atoms with Gasteiger partial charge < -0.3 is 15.3 Å². The number of amides is 1. The molecule has 0 spiro atoms. The van der Waals surface area contributed by atoms with Crippen LogP contribution in [0.15, 0.2) is 48.0 Å². The number of nitriles is 1. The van der Waals surface area contributed by atoms with Gasteiger partial charge in [-0.1, -0.05) is 35.3 Å². The molecule has 134 valence electrons. The SMILES string of the molecule is CN(CCO)c1ccc(/C=C(\C#N)C(=O)Nc2cc(Cl)ccc2Cl)cc1. The summed E-state index contributed by atoms with van der Waals surface area (Å²) < 4.78 is 0. The van der Waals surface area contributed by atoms with Gasteiger partial charge in [0.15, 0.2) is 0 Å². The van der Waals surface area contributed by atoms with E-state index >= 15 is 0 Å². The largest absolute Gasteiger partial charge is 0.395 e. The van der Waals surface area contributed by atoms with Crippen molar-refractivity contribution in [3.05, 3.63) is 63.6 Å². The number of aliphatic hydroxyl groups excluding tert-OH is 1. The second kappa shape index (κ2) is 9.25. The van der Waals surface area contributed by atoms with Gasteiger partial charge in [-0.3, -0.25) is 4.79 Å². The van der Waals surface area contributed by atoms with Crippen molar-refractivity contribution in [3.63, 3.8) is 0 Å². The van der Waals surface area contributed by atoms with Crippen molar-refractivity contribution < 1.29 is 9.90 Å². The highest BCUT2D eigenvalue weighted by atomic mass is 35.5. The molecule has 0 radical (unpaired) electrons. The predicted octanol–water partition coefficient (Wildman–Crippen LogP) is 3.97. The third kappa shape index (κ3) is 5.24. The number of hydrogen-bond acceptors (Lipinski definition) is 4. The number of carbonyl (C=O) groups excluding carboxylic acids is 1. The maximum Gasteiger partial charge on any atom is 0.266 e. The quantitative estimate of drug-likeness (QED) is 0.578. The molecule has 0 aromatic heterocycles. The van der Waals surface area contributed by atoms with E-state index in [0.29, 0.717) is 27.8 Å². The van der Waals surface area contributed by atoms with E-state index in [2.05, 4.69) is 5.32 Å². The molecule has 0 aliphatic rings. The lowest BCUT2D eigenvalue weighted by molar-refractivity contribution is -0.112. The molecule has 2 aromatic rings. The fourth-order valence-electron chi connectivity index (χ4n) is 2.20. The number of hydrogen-bond donors (Lipinski definition) is 2. The molecule has 2 aromatic carbocycles. The van der Waals surface area contributed by atoms with Crippen LogP contribution in [0.3, 0.4) is 0 Å². The number of aliphatic hydroxyl groups is 1. The van der Waals surface area contributed by atoms with E-state index in [1.54, 1.807) is 24.3 Å². The van der Waals surface area contributed by atoms with Gasteiger partial charge in [0.05, 0.1) is 17.3 Å². The van der Waals surface area contributed by atoms with Gasteiger partial charge in [0.2, 0.25) is 0 Å². The van der Waals surface area contributed by atoms with Crippen molar-refractivity contribution in [2.24, 2.45) is 0 Å². The number of benzene rings is 2. The lowest BCUT2D eigenvalue weighted by Gasteiger charge is -2.17. The van der Waals surface area contributed by atoms with E-state index in [0.717, 1.165) is 5.69 Å². The monoisotopic (exact) mass is 389 g/mol. The third-order valence-electron chi connectivity index (χ3n) is 3.62. The molecule has 5 nitrogen and oxygen atoms in total. The lowest BCUT2D eigenvalue weighted by atomic mass is 10.1. The first-order valence-electron chi connectivity index (χ1n) is 7.75. The zero-order valence-electron chi connectivity index (χ0n) is 14.0. The molecule has 2 rings (SSSR count). The molecule has 0 atom stereocenters. The summed E-state index contributed by atoms with van der Waals surface area (Å²) in [6.07, 6.45) is 1.49. The topological polar surface area (TPSA) is 76.4 Å². The molecule has 0 heterocycles. The molecule has 1 amide bonds. The Morgan fingerprint density at radius 3 is 2.58 bits per heavy atom. The second-order valence-corrected chi connectivity index (χ2v) is 6.33. The zero-order valence-corrected chi connectivity index (χ0v) is 15.6. The van der Waals surface area contributed by atoms with E-state index < -0.39 is 5.91 Å². The Morgan fingerprint density at radius 1 is 1.27 bits per heavy atom. The molecule has 0 aliphatic heterocycles. The van der Waals surface area contributed by atoms with E-state index in [1.807, 2.05) is 30.1 Å². The summed E-state index contributed by atoms with van der Waals surface area (Å²) in [7, 11) is 1.87. The van der Waals surface area contributed by atoms with Crippen molar-refractivity contribution in [3.8, 4) is 6.07 Å². The molecule has 0 saturated carbocycles. The number of carbonyl (C=O) groups is 1. The minimum atomic E-state index is -0.571. The molecule has 0 unspecified atom stereocenters. The molecule has 0 fully saturated rings. The Balaban J connectivity index is 2.17. The minimum absolute atomic E-state index is 0.0579. The van der Waals surface area contributed by atoms with Crippen LogP contribution in [0, 0.1) is 11.3 Å². The molecule has 0 saturated heterocycles. The average Bonchev–Trinajstić information content (AvgIpc) is 2.63. The van der Waals surface area contributed by atoms with Gasteiger partial charge in [0.1, 0.15) is 11.6 Å². The van der Waals surface area contributed by atoms with Gasteiger partial charge in [-0.05, 0) is 42.0 Å². The van der Waals surface area contributed by atoms with E-state index in [4.69, 9.17) is 28.3 Å². The Labute approximate surface area is 162 Å². The van der Waals surface area contributed by atoms with Crippen molar-refractivity contribution in [1.82, 2.24) is 0 Å². The number of likely N-dealkylation sites (N-methyl/N-ethyl adjacent to an activating group) is 1. The van der Waals surface area contributed by atoms with Crippen LogP contribution < -0.4 is 10.2 Å². The van der Waals surface area contributed by atoms with Crippen molar-refractivity contribution in [1.29, 1.82) is 5.26 Å². The van der Waals surface area contributed by atoms with Gasteiger partial charge in [-0.25, -0.2) is 0 Å². The number of nitrogens with zero attached hydrogens (tertiary/aromatic N) is 2. The summed E-state index contributed by atoms with van der Waals surface area (Å²) in [6, 6.07) is 13.9. The predicted molar refractivity (Wildman–Crippen MR) is 105 cm³/mol. The highest BCUT2D eigenvalue weighted by molar-refractivity contribution is 6.36. The van der Waals surface area contributed by atoms with Crippen LogP contribution in [-0.2, 0) is 4.79 Å². The first-order valence-corrected chi connectivity index (χ1v) is 8.50. The average molecular weight is 390 g/mol. The van der Waals surface area contributed by atoms with E-state index in [1.165, 1.54) is 12.1 Å². The van der Waals surface area contributed by atoms with Crippen molar-refractivity contribution >= 4 is 46.6 Å². The molecule has 0 bridgehead atoms. The summed E-state index contributed by atoms with van der Waals surface area (Å²) in [5.74, 6) is -0.571. The van der Waals surface area contributed by atoms with E-state index in [9.17, 15) is 10.1 Å². The highest BCUT2D eigenvalue weighted by Crippen LogP contribution is 2.26. The van der Waals surface area contributed by atoms with Crippen molar-refractivity contribution in [2.45, 2.75) is 0 Å². The molecule has 0 aliphatic carbocycles. The van der Waals surface area contributed by atoms with Crippen LogP contribution >= 0.6 is 23.2 Å². The normalized spacial score (nSPS) is 11.0. The number of anilines is 2. The van der Waals surface area contributed by atoms with Crippen molar-refractivity contribution in [2.75, 3.05) is 30.4 Å². The van der Waals surface area contributed by atoms with E-state index in [-0.39, 0.29) is 12.2 Å². The highest BCUT2D eigenvalue weighted by Gasteiger charge is 2.12. The van der Waals surface area contributed by atoms with Gasteiger partial charge >= 0.3 is 0 Å². The summed E-state index contributed by atoms with van der Waals surface area (Å²) in [5.41, 5.74) is 1.91. The van der Waals surface area contributed by atoms with Gasteiger partial charge in [0, 0.05) is 24.3 Å². The van der Waals surface area contributed by atoms with Gasteiger partial charge in [-0.15, -0.1) is 0 Å². The first kappa shape index (κ1) is 19.8. The Bertz CT molecular complexity index is 858. The van der Waals surface area contributed by atoms with Crippen LogP contribution in [0.4, 0.5) is 11.4 Å². The van der Waals surface area contributed by atoms with Gasteiger partial charge in [0.25, 0.3) is 5.91 Å². The summed E-state index contributed by atoms with van der Waals surface area (Å²) in [4.78, 5) is 14.2. The van der Waals surface area contributed by atoms with Crippen LogP contribution in [0.5, 0.6) is 0 Å². The number of halogens is 2. The maximum absolute atomic E-state index is 12.3. The Morgan fingerprint density at radius 2 is 1.96 bits per heavy atom. The molecular formula is C19H17Cl2N3O2. The molecular weight excluding hydrogens is 373 g/mol. The number of nitrogens with one attached hydrogen (secondary N) is 1. The fraction of sp³-hybridized carbons (Fsp3) is 0.158. The zero-order chi connectivity index (χ0) is 19.1. The second-order valence-electron chi connectivity index (χ2n) is 5.48. The van der Waals surface area contributed by atoms with Crippen LogP contribution in [0.1, 0.15) is 5.56 Å². The summed E-state index contributed by atoms with van der Waals surface area (Å²) in [6.45, 7) is 0.574. The fourth-order valence-corrected chi connectivity index (χ4v) is 2.54. The Hall–Kier alpha value is -2.52. The molecule has 7 heteroatoms. The van der Waals surface area contributed by atoms with Crippen LogP contribution in [-0.4, -0.2) is 31.2 Å². The third-order valence-corrected chi connectivity index (χ3v) is 4.19. The summed E-state index contributed by atoms with van der Waals surface area (Å²) >= 11 is 11.9. The van der Waals surface area contributed by atoms with Crippen LogP contribution in [0.2, 0.25) is 10.0 Å². The molecule has 26 heavy (non-hydrogen) atoms. The maximum atomic E-state index is 12.3. The lowest BCUT2D eigenvalue weighted by Crippen LogP contribution is -2.20. The van der Waals surface area contributed by atoms with Gasteiger partial charge in [-0.2, -0.15) is 5.26 Å². The smallest absolute Gasteiger partial charge is 0.266 e. The Kier molecular flexibility index (Phi) is 7.05.